The Hall–Kier alpha value is -1.10. The molecular formula is C12H19NO3. The Bertz CT molecular complexity index is 290. The summed E-state index contributed by atoms with van der Waals surface area (Å²) < 4.78 is 5.63. The third-order valence-electron chi connectivity index (χ3n) is 2.49. The average molecular weight is 225 g/mol. The normalized spacial score (nSPS) is 14.8. The van der Waals surface area contributed by atoms with Crippen LogP contribution in [0.3, 0.4) is 0 Å². The summed E-state index contributed by atoms with van der Waals surface area (Å²) in [5.41, 5.74) is 0. The van der Waals surface area contributed by atoms with Crippen molar-refractivity contribution in [2.45, 2.75) is 12.1 Å². The van der Waals surface area contributed by atoms with Gasteiger partial charge < -0.3 is 19.8 Å². The monoisotopic (exact) mass is 225 g/mol. The van der Waals surface area contributed by atoms with Crippen LogP contribution in [-0.4, -0.2) is 54.6 Å². The molecular weight excluding hydrogens is 206 g/mol. The van der Waals surface area contributed by atoms with E-state index in [1.807, 2.05) is 49.3 Å². The summed E-state index contributed by atoms with van der Waals surface area (Å²) in [6.45, 7) is -0.177. The second-order valence-corrected chi connectivity index (χ2v) is 3.87. The van der Waals surface area contributed by atoms with Crippen molar-refractivity contribution in [3.8, 4) is 5.75 Å². The number of aliphatic hydroxyl groups excluding tert-OH is 2. The molecule has 0 radical (unpaired) electrons. The van der Waals surface area contributed by atoms with E-state index >= 15 is 0 Å². The zero-order valence-electron chi connectivity index (χ0n) is 9.71. The lowest BCUT2D eigenvalue weighted by molar-refractivity contribution is 0.0201. The molecule has 1 aromatic rings. The smallest absolute Gasteiger partial charge is 0.139 e. The van der Waals surface area contributed by atoms with Gasteiger partial charge in [0.05, 0.1) is 19.3 Å². The molecule has 0 saturated carbocycles. The first-order chi connectivity index (χ1) is 7.69. The lowest BCUT2D eigenvalue weighted by atomic mass is 10.1. The molecule has 1 rings (SSSR count). The van der Waals surface area contributed by atoms with Gasteiger partial charge in [0.15, 0.2) is 0 Å². The number of aliphatic hydroxyl groups is 2. The van der Waals surface area contributed by atoms with Crippen molar-refractivity contribution >= 4 is 0 Å². The molecule has 4 heteroatoms. The van der Waals surface area contributed by atoms with E-state index in [4.69, 9.17) is 4.74 Å². The van der Waals surface area contributed by atoms with Crippen LogP contribution < -0.4 is 4.74 Å². The maximum absolute atomic E-state index is 9.27. The van der Waals surface area contributed by atoms with Gasteiger partial charge in [-0.1, -0.05) is 18.2 Å². The van der Waals surface area contributed by atoms with E-state index in [-0.39, 0.29) is 19.3 Å². The number of ether oxygens (including phenoxy) is 1. The molecule has 4 nitrogen and oxygen atoms in total. The number of benzene rings is 1. The highest BCUT2D eigenvalue weighted by Crippen LogP contribution is 2.14. The Morgan fingerprint density at radius 1 is 1.12 bits per heavy atom. The van der Waals surface area contributed by atoms with E-state index < -0.39 is 6.10 Å². The molecule has 1 aromatic carbocycles. The van der Waals surface area contributed by atoms with Crippen LogP contribution in [-0.2, 0) is 0 Å². The Kier molecular flexibility index (Phi) is 5.25. The average Bonchev–Trinajstić information content (AvgIpc) is 2.29. The fraction of sp³-hybridized carbons (Fsp3) is 0.500. The van der Waals surface area contributed by atoms with Gasteiger partial charge in [0.1, 0.15) is 11.9 Å². The van der Waals surface area contributed by atoms with E-state index in [0.29, 0.717) is 5.75 Å². The SMILES string of the molecule is CN(C)C(CO)C(CO)Oc1ccccc1. The molecule has 0 heterocycles. The molecule has 0 aliphatic rings. The number of likely N-dealkylation sites (N-methyl/N-ethyl adjacent to an activating group) is 1. The number of rotatable bonds is 6. The highest BCUT2D eigenvalue weighted by molar-refractivity contribution is 5.21. The molecule has 0 saturated heterocycles. The third-order valence-corrected chi connectivity index (χ3v) is 2.49. The van der Waals surface area contributed by atoms with Gasteiger partial charge in [-0.25, -0.2) is 0 Å². The number of hydrogen-bond donors (Lipinski definition) is 2. The minimum Gasteiger partial charge on any atom is -0.486 e. The van der Waals surface area contributed by atoms with Gasteiger partial charge in [-0.05, 0) is 26.2 Å². The van der Waals surface area contributed by atoms with Crippen LogP contribution in [0.1, 0.15) is 0 Å². The van der Waals surface area contributed by atoms with Crippen LogP contribution in [0.25, 0.3) is 0 Å². The molecule has 2 N–H and O–H groups in total. The maximum Gasteiger partial charge on any atom is 0.139 e. The van der Waals surface area contributed by atoms with E-state index in [1.165, 1.54) is 0 Å². The molecule has 2 atom stereocenters. The Morgan fingerprint density at radius 2 is 1.75 bits per heavy atom. The van der Waals surface area contributed by atoms with Crippen LogP contribution in [0, 0.1) is 0 Å². The quantitative estimate of drug-likeness (QED) is 0.733. The number of nitrogens with zero attached hydrogens (tertiary/aromatic N) is 1. The maximum atomic E-state index is 9.27. The predicted molar refractivity (Wildman–Crippen MR) is 62.5 cm³/mol. The van der Waals surface area contributed by atoms with Gasteiger partial charge in [-0.3, -0.25) is 0 Å². The summed E-state index contributed by atoms with van der Waals surface area (Å²) >= 11 is 0. The van der Waals surface area contributed by atoms with Gasteiger partial charge in [0.25, 0.3) is 0 Å². The first-order valence-corrected chi connectivity index (χ1v) is 5.29. The summed E-state index contributed by atoms with van der Waals surface area (Å²) in [5, 5.41) is 18.5. The molecule has 0 fully saturated rings. The lowest BCUT2D eigenvalue weighted by Crippen LogP contribution is -2.46. The van der Waals surface area contributed by atoms with Crippen molar-refractivity contribution in [2.24, 2.45) is 0 Å². The molecule has 0 aliphatic carbocycles. The van der Waals surface area contributed by atoms with Crippen LogP contribution in [0.5, 0.6) is 5.75 Å². The highest BCUT2D eigenvalue weighted by Gasteiger charge is 2.23. The predicted octanol–water partition coefficient (Wildman–Crippen LogP) is 0.349. The molecule has 0 amide bonds. The number of para-hydroxylation sites is 1. The van der Waals surface area contributed by atoms with Gasteiger partial charge in [0, 0.05) is 0 Å². The molecule has 16 heavy (non-hydrogen) atoms. The Morgan fingerprint density at radius 3 is 2.19 bits per heavy atom. The van der Waals surface area contributed by atoms with Crippen LogP contribution in [0.4, 0.5) is 0 Å². The Balaban J connectivity index is 2.68. The molecule has 0 spiro atoms. The minimum atomic E-state index is -0.428. The lowest BCUT2D eigenvalue weighted by Gasteiger charge is -2.29. The van der Waals surface area contributed by atoms with Gasteiger partial charge in [-0.2, -0.15) is 0 Å². The van der Waals surface area contributed by atoms with Crippen molar-refractivity contribution in [3.63, 3.8) is 0 Å². The second kappa shape index (κ2) is 6.48. The van der Waals surface area contributed by atoms with E-state index in [1.54, 1.807) is 0 Å². The number of hydrogen-bond acceptors (Lipinski definition) is 4. The summed E-state index contributed by atoms with van der Waals surface area (Å²) in [6, 6.07) is 9.07. The standard InChI is InChI=1S/C12H19NO3/c1-13(2)11(8-14)12(9-15)16-10-6-4-3-5-7-10/h3-7,11-12,14-15H,8-9H2,1-2H3. The summed E-state index contributed by atoms with van der Waals surface area (Å²) in [5.74, 6) is 0.696. The fourth-order valence-electron chi connectivity index (χ4n) is 1.52. The summed E-state index contributed by atoms with van der Waals surface area (Å²) in [7, 11) is 3.69. The molecule has 0 bridgehead atoms. The van der Waals surface area contributed by atoms with Crippen LogP contribution >= 0.6 is 0 Å². The van der Waals surface area contributed by atoms with Gasteiger partial charge in [0.2, 0.25) is 0 Å². The molecule has 2 unspecified atom stereocenters. The minimum absolute atomic E-state index is 0.0505. The van der Waals surface area contributed by atoms with E-state index in [0.717, 1.165) is 0 Å². The zero-order chi connectivity index (χ0) is 12.0. The summed E-state index contributed by atoms with van der Waals surface area (Å²) in [4.78, 5) is 1.84. The third kappa shape index (κ3) is 3.48. The zero-order valence-corrected chi connectivity index (χ0v) is 9.71. The van der Waals surface area contributed by atoms with Gasteiger partial charge >= 0.3 is 0 Å². The topological polar surface area (TPSA) is 52.9 Å². The van der Waals surface area contributed by atoms with Crippen LogP contribution in [0.2, 0.25) is 0 Å². The first-order valence-electron chi connectivity index (χ1n) is 5.29. The Labute approximate surface area is 96.1 Å². The second-order valence-electron chi connectivity index (χ2n) is 3.87. The van der Waals surface area contributed by atoms with Gasteiger partial charge in [-0.15, -0.1) is 0 Å². The van der Waals surface area contributed by atoms with E-state index in [9.17, 15) is 10.2 Å². The highest BCUT2D eigenvalue weighted by atomic mass is 16.5. The molecule has 0 aliphatic heterocycles. The molecule has 0 aromatic heterocycles. The van der Waals surface area contributed by atoms with E-state index in [2.05, 4.69) is 0 Å². The van der Waals surface area contributed by atoms with Crippen molar-refractivity contribution in [1.82, 2.24) is 4.90 Å². The van der Waals surface area contributed by atoms with Crippen molar-refractivity contribution < 1.29 is 14.9 Å². The van der Waals surface area contributed by atoms with Crippen molar-refractivity contribution in [2.75, 3.05) is 27.3 Å². The first kappa shape index (κ1) is 13.0. The van der Waals surface area contributed by atoms with Crippen molar-refractivity contribution in [1.29, 1.82) is 0 Å². The largest absolute Gasteiger partial charge is 0.486 e. The van der Waals surface area contributed by atoms with Crippen LogP contribution in [0.15, 0.2) is 30.3 Å². The summed E-state index contributed by atoms with van der Waals surface area (Å²) in [6.07, 6.45) is -0.428. The fourth-order valence-corrected chi connectivity index (χ4v) is 1.52. The van der Waals surface area contributed by atoms with Crippen molar-refractivity contribution in [3.05, 3.63) is 30.3 Å². The molecule has 90 valence electrons.